The molecular weight excluding hydrogens is 270 g/mol. The van der Waals surface area contributed by atoms with Crippen LogP contribution in [0.1, 0.15) is 16.1 Å². The van der Waals surface area contributed by atoms with Crippen molar-refractivity contribution in [2.24, 2.45) is 5.73 Å². The molecule has 2 heterocycles. The van der Waals surface area contributed by atoms with Crippen LogP contribution in [0.5, 0.6) is 0 Å². The molecule has 0 aliphatic heterocycles. The van der Waals surface area contributed by atoms with Crippen LogP contribution in [0, 0.1) is 0 Å². The minimum absolute atomic E-state index is 0.138. The number of nitrogens with one attached hydrogen (secondary N) is 2. The Balaban J connectivity index is 2.14. The monoisotopic (exact) mass is 285 g/mol. The van der Waals surface area contributed by atoms with Crippen molar-refractivity contribution in [3.63, 3.8) is 0 Å². The molecule has 0 unspecified atom stereocenters. The van der Waals surface area contributed by atoms with Gasteiger partial charge in [0.05, 0.1) is 5.56 Å². The Morgan fingerprint density at radius 3 is 2.81 bits per heavy atom. The molecule has 0 saturated carbocycles. The number of hydrogen-bond acceptors (Lipinski definition) is 4. The third kappa shape index (κ3) is 2.15. The quantitative estimate of drug-likeness (QED) is 0.589. The Morgan fingerprint density at radius 1 is 1.38 bits per heavy atom. The summed E-state index contributed by atoms with van der Waals surface area (Å²) in [5, 5.41) is 12.7. The third-order valence-electron chi connectivity index (χ3n) is 3.40. The topological polar surface area (TPSA) is 104 Å². The van der Waals surface area contributed by atoms with Gasteiger partial charge in [0.25, 0.3) is 5.91 Å². The Kier molecular flexibility index (Phi) is 3.15. The highest BCUT2D eigenvalue weighted by Crippen LogP contribution is 2.30. The molecule has 2 aromatic heterocycles. The smallest absolute Gasteiger partial charge is 0.253 e. The lowest BCUT2D eigenvalue weighted by molar-refractivity contribution is 0.100. The molecule has 21 heavy (non-hydrogen) atoms. The SMILES string of the molecule is CNc1[nH]c2cc(-c3ccc(CO)o3)ccc2c1C(N)=O. The summed E-state index contributed by atoms with van der Waals surface area (Å²) < 4.78 is 5.51. The number of fused-ring (bicyclic) bond motifs is 1. The van der Waals surface area contributed by atoms with Crippen LogP contribution in [0.4, 0.5) is 5.82 Å². The van der Waals surface area contributed by atoms with Gasteiger partial charge in [-0.15, -0.1) is 0 Å². The number of nitrogens with two attached hydrogens (primary N) is 1. The maximum atomic E-state index is 11.6. The fourth-order valence-electron chi connectivity index (χ4n) is 2.41. The van der Waals surface area contributed by atoms with Gasteiger partial charge in [0, 0.05) is 23.5 Å². The number of furan rings is 1. The molecule has 0 saturated heterocycles. The predicted molar refractivity (Wildman–Crippen MR) is 80.0 cm³/mol. The van der Waals surface area contributed by atoms with Crippen LogP contribution in [0.15, 0.2) is 34.7 Å². The second-order valence-corrected chi connectivity index (χ2v) is 4.67. The molecule has 0 fully saturated rings. The number of H-pyrrole nitrogens is 1. The molecule has 0 aliphatic rings. The summed E-state index contributed by atoms with van der Waals surface area (Å²) in [6.07, 6.45) is 0. The number of aliphatic hydroxyl groups excluding tert-OH is 1. The van der Waals surface area contributed by atoms with Crippen molar-refractivity contribution in [1.29, 1.82) is 0 Å². The predicted octanol–water partition coefficient (Wildman–Crippen LogP) is 2.06. The number of primary amides is 1. The zero-order valence-electron chi connectivity index (χ0n) is 11.4. The van der Waals surface area contributed by atoms with E-state index in [0.717, 1.165) is 16.5 Å². The zero-order chi connectivity index (χ0) is 15.0. The maximum absolute atomic E-state index is 11.6. The number of hydrogen-bond donors (Lipinski definition) is 4. The highest BCUT2D eigenvalue weighted by Gasteiger charge is 2.16. The molecule has 6 nitrogen and oxygen atoms in total. The summed E-state index contributed by atoms with van der Waals surface area (Å²) in [5.74, 6) is 1.26. The molecular formula is C15H15N3O3. The fourth-order valence-corrected chi connectivity index (χ4v) is 2.41. The van der Waals surface area contributed by atoms with Crippen LogP contribution in [-0.4, -0.2) is 23.0 Å². The Labute approximate surface area is 120 Å². The van der Waals surface area contributed by atoms with E-state index in [9.17, 15) is 4.79 Å². The molecule has 3 aromatic rings. The molecule has 0 aliphatic carbocycles. The number of benzene rings is 1. The van der Waals surface area contributed by atoms with E-state index < -0.39 is 5.91 Å². The van der Waals surface area contributed by atoms with Crippen molar-refractivity contribution < 1.29 is 14.3 Å². The number of aromatic amines is 1. The van der Waals surface area contributed by atoms with Crippen LogP contribution in [0.3, 0.4) is 0 Å². The van der Waals surface area contributed by atoms with Gasteiger partial charge in [-0.25, -0.2) is 0 Å². The first-order valence-electron chi connectivity index (χ1n) is 6.47. The first-order valence-corrected chi connectivity index (χ1v) is 6.47. The van der Waals surface area contributed by atoms with E-state index in [-0.39, 0.29) is 6.61 Å². The van der Waals surface area contributed by atoms with Crippen LogP contribution in [0.25, 0.3) is 22.2 Å². The van der Waals surface area contributed by atoms with Gasteiger partial charge in [0.1, 0.15) is 23.9 Å². The molecule has 1 aromatic carbocycles. The van der Waals surface area contributed by atoms with E-state index >= 15 is 0 Å². The third-order valence-corrected chi connectivity index (χ3v) is 3.40. The Bertz CT molecular complexity index is 817. The van der Waals surface area contributed by atoms with Crippen LogP contribution in [0.2, 0.25) is 0 Å². The van der Waals surface area contributed by atoms with Gasteiger partial charge in [-0.2, -0.15) is 0 Å². The van der Waals surface area contributed by atoms with Crippen molar-refractivity contribution >= 4 is 22.6 Å². The number of aliphatic hydroxyl groups is 1. The molecule has 0 atom stereocenters. The average molecular weight is 285 g/mol. The van der Waals surface area contributed by atoms with Crippen LogP contribution < -0.4 is 11.1 Å². The van der Waals surface area contributed by atoms with E-state index in [0.29, 0.717) is 22.9 Å². The van der Waals surface area contributed by atoms with Gasteiger partial charge in [0.15, 0.2) is 0 Å². The standard InChI is InChI=1S/C15H15N3O3/c1-17-15-13(14(16)20)10-4-2-8(6-11(10)18-15)12-5-3-9(7-19)21-12/h2-6,17-19H,7H2,1H3,(H2,16,20). The summed E-state index contributed by atoms with van der Waals surface area (Å²) in [6, 6.07) is 9.07. The van der Waals surface area contributed by atoms with E-state index in [2.05, 4.69) is 10.3 Å². The molecule has 6 heteroatoms. The minimum atomic E-state index is -0.487. The summed E-state index contributed by atoms with van der Waals surface area (Å²) in [6.45, 7) is -0.138. The molecule has 5 N–H and O–H groups in total. The fraction of sp³-hybridized carbons (Fsp3) is 0.133. The number of amides is 1. The van der Waals surface area contributed by atoms with Crippen molar-refractivity contribution in [1.82, 2.24) is 4.98 Å². The van der Waals surface area contributed by atoms with Crippen LogP contribution in [-0.2, 0) is 6.61 Å². The molecule has 0 radical (unpaired) electrons. The van der Waals surface area contributed by atoms with Crippen LogP contribution >= 0.6 is 0 Å². The van der Waals surface area contributed by atoms with E-state index in [1.165, 1.54) is 0 Å². The summed E-state index contributed by atoms with van der Waals surface area (Å²) >= 11 is 0. The summed E-state index contributed by atoms with van der Waals surface area (Å²) in [4.78, 5) is 14.7. The van der Waals surface area contributed by atoms with Gasteiger partial charge >= 0.3 is 0 Å². The molecule has 0 bridgehead atoms. The van der Waals surface area contributed by atoms with Crippen molar-refractivity contribution in [2.45, 2.75) is 6.61 Å². The van der Waals surface area contributed by atoms with Gasteiger partial charge in [-0.1, -0.05) is 12.1 Å². The number of anilines is 1. The molecule has 3 rings (SSSR count). The second kappa shape index (κ2) is 4.99. The van der Waals surface area contributed by atoms with E-state index in [1.807, 2.05) is 18.2 Å². The lowest BCUT2D eigenvalue weighted by Crippen LogP contribution is -2.12. The maximum Gasteiger partial charge on any atom is 0.253 e. The van der Waals surface area contributed by atoms with Crippen molar-refractivity contribution in [3.05, 3.63) is 41.7 Å². The molecule has 0 spiro atoms. The normalized spacial score (nSPS) is 11.0. The highest BCUT2D eigenvalue weighted by molar-refractivity contribution is 6.11. The zero-order valence-corrected chi connectivity index (χ0v) is 11.4. The van der Waals surface area contributed by atoms with Crippen molar-refractivity contribution in [2.75, 3.05) is 12.4 Å². The number of carbonyl (C=O) groups is 1. The Morgan fingerprint density at radius 2 is 2.19 bits per heavy atom. The Hall–Kier alpha value is -2.73. The van der Waals surface area contributed by atoms with Crippen molar-refractivity contribution in [3.8, 4) is 11.3 Å². The van der Waals surface area contributed by atoms with Gasteiger partial charge < -0.3 is 25.6 Å². The molecule has 108 valence electrons. The number of aromatic nitrogens is 1. The average Bonchev–Trinajstić information content (AvgIpc) is 3.10. The van der Waals surface area contributed by atoms with E-state index in [1.54, 1.807) is 19.2 Å². The van der Waals surface area contributed by atoms with Gasteiger partial charge in [-0.3, -0.25) is 4.79 Å². The van der Waals surface area contributed by atoms with Gasteiger partial charge in [-0.05, 0) is 18.2 Å². The first kappa shape index (κ1) is 13.3. The second-order valence-electron chi connectivity index (χ2n) is 4.67. The van der Waals surface area contributed by atoms with E-state index in [4.69, 9.17) is 15.3 Å². The summed E-state index contributed by atoms with van der Waals surface area (Å²) in [7, 11) is 1.72. The molecule has 1 amide bonds. The summed E-state index contributed by atoms with van der Waals surface area (Å²) in [5.41, 5.74) is 7.50. The highest BCUT2D eigenvalue weighted by atomic mass is 16.4. The number of rotatable bonds is 4. The number of carbonyl (C=O) groups excluding carboxylic acids is 1. The van der Waals surface area contributed by atoms with Gasteiger partial charge in [0.2, 0.25) is 0 Å². The lowest BCUT2D eigenvalue weighted by Gasteiger charge is -1.99. The first-order chi connectivity index (χ1) is 10.1. The largest absolute Gasteiger partial charge is 0.459 e. The minimum Gasteiger partial charge on any atom is -0.459 e. The lowest BCUT2D eigenvalue weighted by atomic mass is 10.1.